The zero-order chi connectivity index (χ0) is 21.8. The van der Waals surface area contributed by atoms with Gasteiger partial charge in [0.1, 0.15) is 33.9 Å². The smallest absolute Gasteiger partial charge is 0.246 e. The third-order valence-electron chi connectivity index (χ3n) is 4.99. The molecule has 1 N–H and O–H groups in total. The van der Waals surface area contributed by atoms with Gasteiger partial charge in [-0.15, -0.1) is 0 Å². The largest absolute Gasteiger partial charge is 0.495 e. The van der Waals surface area contributed by atoms with Gasteiger partial charge in [0.05, 0.1) is 7.11 Å². The molecule has 0 atom stereocenters. The molecule has 0 aliphatic carbocycles. The number of anilines is 3. The van der Waals surface area contributed by atoms with Crippen LogP contribution in [-0.2, 0) is 10.0 Å². The number of rotatable bonds is 6. The van der Waals surface area contributed by atoms with Gasteiger partial charge < -0.3 is 15.0 Å². The lowest BCUT2D eigenvalue weighted by Gasteiger charge is -2.35. The highest BCUT2D eigenvalue weighted by molar-refractivity contribution is 7.89. The van der Waals surface area contributed by atoms with E-state index in [2.05, 4.69) is 25.2 Å². The second kappa shape index (κ2) is 8.86. The molecule has 0 amide bonds. The van der Waals surface area contributed by atoms with Crippen molar-refractivity contribution in [1.29, 1.82) is 0 Å². The fraction of sp³-hybridized carbons (Fsp3) is 0.286. The number of sulfonamides is 1. The lowest BCUT2D eigenvalue weighted by molar-refractivity contribution is 0.373. The molecule has 3 heterocycles. The van der Waals surface area contributed by atoms with E-state index in [1.54, 1.807) is 30.5 Å². The standard InChI is InChI=1S/C21H24N6O3S/c1-16-23-20(25-19-9-5-6-10-22-19)15-21(24-16)26-11-13-27(14-12-26)31(28,29)18-8-4-3-7-17(18)30-2/h3-10,15H,11-14H2,1-2H3,(H,22,23,24,25). The normalized spacial score (nSPS) is 15.0. The number of hydrogen-bond acceptors (Lipinski definition) is 8. The lowest BCUT2D eigenvalue weighted by atomic mass is 10.3. The van der Waals surface area contributed by atoms with Crippen LogP contribution in [0.1, 0.15) is 5.82 Å². The van der Waals surface area contributed by atoms with E-state index >= 15 is 0 Å². The quantitative estimate of drug-likeness (QED) is 0.624. The van der Waals surface area contributed by atoms with Crippen molar-refractivity contribution < 1.29 is 13.2 Å². The Morgan fingerprint density at radius 1 is 0.968 bits per heavy atom. The zero-order valence-electron chi connectivity index (χ0n) is 17.4. The van der Waals surface area contributed by atoms with E-state index in [9.17, 15) is 8.42 Å². The highest BCUT2D eigenvalue weighted by Gasteiger charge is 2.31. The summed E-state index contributed by atoms with van der Waals surface area (Å²) in [7, 11) is -2.17. The van der Waals surface area contributed by atoms with E-state index in [0.29, 0.717) is 49.4 Å². The molecule has 1 saturated heterocycles. The van der Waals surface area contributed by atoms with Crippen molar-refractivity contribution in [1.82, 2.24) is 19.3 Å². The molecule has 31 heavy (non-hydrogen) atoms. The molecule has 1 aliphatic rings. The van der Waals surface area contributed by atoms with Crippen LogP contribution in [0.4, 0.5) is 17.5 Å². The van der Waals surface area contributed by atoms with Crippen LogP contribution in [0.5, 0.6) is 5.75 Å². The second-order valence-corrected chi connectivity index (χ2v) is 8.95. The monoisotopic (exact) mass is 440 g/mol. The van der Waals surface area contributed by atoms with Gasteiger partial charge in [-0.3, -0.25) is 0 Å². The molecule has 4 rings (SSSR count). The van der Waals surface area contributed by atoms with Gasteiger partial charge in [-0.2, -0.15) is 4.31 Å². The summed E-state index contributed by atoms with van der Waals surface area (Å²) in [5.74, 6) is 3.06. The summed E-state index contributed by atoms with van der Waals surface area (Å²) in [5.41, 5.74) is 0. The second-order valence-electron chi connectivity index (χ2n) is 7.04. The first-order valence-electron chi connectivity index (χ1n) is 9.89. The molecule has 10 heteroatoms. The number of pyridine rings is 1. The molecular weight excluding hydrogens is 416 g/mol. The number of ether oxygens (including phenoxy) is 1. The molecule has 9 nitrogen and oxygen atoms in total. The Labute approximate surface area is 181 Å². The van der Waals surface area contributed by atoms with Gasteiger partial charge in [0.15, 0.2) is 0 Å². The van der Waals surface area contributed by atoms with Crippen LogP contribution in [0.3, 0.4) is 0 Å². The minimum absolute atomic E-state index is 0.186. The first-order chi connectivity index (χ1) is 15.0. The molecule has 1 aliphatic heterocycles. The number of aromatic nitrogens is 3. The van der Waals surface area contributed by atoms with Crippen molar-refractivity contribution in [3.63, 3.8) is 0 Å². The summed E-state index contributed by atoms with van der Waals surface area (Å²) in [4.78, 5) is 15.5. The number of hydrogen-bond donors (Lipinski definition) is 1. The number of nitrogens with zero attached hydrogens (tertiary/aromatic N) is 5. The number of methoxy groups -OCH3 is 1. The lowest BCUT2D eigenvalue weighted by Crippen LogP contribution is -2.49. The van der Waals surface area contributed by atoms with Crippen LogP contribution in [0.15, 0.2) is 59.6 Å². The Balaban J connectivity index is 1.49. The maximum atomic E-state index is 13.1. The minimum atomic E-state index is -3.64. The van der Waals surface area contributed by atoms with E-state index in [-0.39, 0.29) is 4.90 Å². The third-order valence-corrected chi connectivity index (χ3v) is 6.93. The predicted octanol–water partition coefficient (Wildman–Crippen LogP) is 2.44. The maximum Gasteiger partial charge on any atom is 0.246 e. The van der Waals surface area contributed by atoms with Gasteiger partial charge in [-0.25, -0.2) is 23.4 Å². The molecule has 0 unspecified atom stereocenters. The van der Waals surface area contributed by atoms with Crippen LogP contribution in [-0.4, -0.2) is 61.0 Å². The summed E-state index contributed by atoms with van der Waals surface area (Å²) < 4.78 is 32.9. The van der Waals surface area contributed by atoms with Crippen LogP contribution < -0.4 is 15.0 Å². The summed E-state index contributed by atoms with van der Waals surface area (Å²) in [6, 6.07) is 14.1. The molecular formula is C21H24N6O3S. The fourth-order valence-electron chi connectivity index (χ4n) is 3.47. The average Bonchev–Trinajstić information content (AvgIpc) is 2.79. The first-order valence-corrected chi connectivity index (χ1v) is 11.3. The van der Waals surface area contributed by atoms with Crippen LogP contribution in [0.25, 0.3) is 0 Å². The molecule has 1 aromatic carbocycles. The Hall–Kier alpha value is -3.24. The Kier molecular flexibility index (Phi) is 6.01. The van der Waals surface area contributed by atoms with Gasteiger partial charge in [-0.05, 0) is 31.2 Å². The number of para-hydroxylation sites is 1. The van der Waals surface area contributed by atoms with Crippen molar-refractivity contribution in [2.75, 3.05) is 43.5 Å². The molecule has 0 spiro atoms. The van der Waals surface area contributed by atoms with E-state index < -0.39 is 10.0 Å². The fourth-order valence-corrected chi connectivity index (χ4v) is 5.05. The van der Waals surface area contributed by atoms with Gasteiger partial charge in [0, 0.05) is 38.4 Å². The van der Waals surface area contributed by atoms with Gasteiger partial charge in [0.25, 0.3) is 0 Å². The first kappa shape index (κ1) is 21.0. The molecule has 2 aromatic heterocycles. The van der Waals surface area contributed by atoms with Gasteiger partial charge in [-0.1, -0.05) is 18.2 Å². The Bertz CT molecular complexity index is 1150. The summed E-state index contributed by atoms with van der Waals surface area (Å²) in [5, 5.41) is 3.18. The van der Waals surface area contributed by atoms with Crippen molar-refractivity contribution in [3.8, 4) is 5.75 Å². The van der Waals surface area contributed by atoms with Gasteiger partial charge >= 0.3 is 0 Å². The van der Waals surface area contributed by atoms with Crippen molar-refractivity contribution in [2.24, 2.45) is 0 Å². The minimum Gasteiger partial charge on any atom is -0.495 e. The topological polar surface area (TPSA) is 101 Å². The maximum absolute atomic E-state index is 13.1. The third kappa shape index (κ3) is 4.59. The molecule has 162 valence electrons. The highest BCUT2D eigenvalue weighted by atomic mass is 32.2. The Morgan fingerprint density at radius 2 is 1.71 bits per heavy atom. The molecule has 1 fully saturated rings. The number of aryl methyl sites for hydroxylation is 1. The number of nitrogens with one attached hydrogen (secondary N) is 1. The predicted molar refractivity (Wildman–Crippen MR) is 118 cm³/mol. The summed E-state index contributed by atoms with van der Waals surface area (Å²) in [6.07, 6.45) is 1.71. The number of piperazine rings is 1. The van der Waals surface area contributed by atoms with Gasteiger partial charge in [0.2, 0.25) is 10.0 Å². The molecule has 0 bridgehead atoms. The van der Waals surface area contributed by atoms with Crippen molar-refractivity contribution in [3.05, 3.63) is 60.6 Å². The van der Waals surface area contributed by atoms with Crippen LogP contribution in [0.2, 0.25) is 0 Å². The van der Waals surface area contributed by atoms with E-state index in [1.165, 1.54) is 11.4 Å². The molecule has 0 saturated carbocycles. The summed E-state index contributed by atoms with van der Waals surface area (Å²) in [6.45, 7) is 3.58. The Morgan fingerprint density at radius 3 is 2.42 bits per heavy atom. The van der Waals surface area contributed by atoms with E-state index in [4.69, 9.17) is 4.74 Å². The zero-order valence-corrected chi connectivity index (χ0v) is 18.2. The average molecular weight is 441 g/mol. The SMILES string of the molecule is COc1ccccc1S(=O)(=O)N1CCN(c2cc(Nc3ccccn3)nc(C)n2)CC1. The van der Waals surface area contributed by atoms with Crippen molar-refractivity contribution >= 4 is 27.5 Å². The van der Waals surface area contributed by atoms with Crippen LogP contribution in [0, 0.1) is 6.92 Å². The van der Waals surface area contributed by atoms with Crippen molar-refractivity contribution in [2.45, 2.75) is 11.8 Å². The van der Waals surface area contributed by atoms with Crippen LogP contribution >= 0.6 is 0 Å². The molecule has 0 radical (unpaired) electrons. The number of benzene rings is 1. The summed E-state index contributed by atoms with van der Waals surface area (Å²) >= 11 is 0. The van der Waals surface area contributed by atoms with E-state index in [1.807, 2.05) is 31.2 Å². The van der Waals surface area contributed by atoms with E-state index in [0.717, 1.165) is 5.82 Å². The molecule has 3 aromatic rings. The highest BCUT2D eigenvalue weighted by Crippen LogP contribution is 2.28.